The first kappa shape index (κ1) is 33.8. The van der Waals surface area contributed by atoms with Crippen LogP contribution in [0.1, 0.15) is 124 Å². The fourth-order valence-electron chi connectivity index (χ4n) is 4.12. The largest absolute Gasteiger partial charge is 0.469 e. The smallest absolute Gasteiger partial charge is 0.328 e. The van der Waals surface area contributed by atoms with Crippen molar-refractivity contribution in [3.05, 3.63) is 0 Å². The number of carbonyl (C=O) groups is 3. The van der Waals surface area contributed by atoms with E-state index in [-0.39, 0.29) is 23.8 Å². The Hall–Kier alpha value is -1.24. The van der Waals surface area contributed by atoms with Crippen molar-refractivity contribution in [2.45, 2.75) is 135 Å². The summed E-state index contributed by atoms with van der Waals surface area (Å²) in [6, 6.07) is -0.575. The van der Waals surface area contributed by atoms with Crippen molar-refractivity contribution in [2.24, 2.45) is 5.92 Å². The maximum absolute atomic E-state index is 12.6. The van der Waals surface area contributed by atoms with Gasteiger partial charge < -0.3 is 14.8 Å². The molecule has 6 nitrogen and oxygen atoms in total. The normalized spacial score (nSPS) is 13.6. The van der Waals surface area contributed by atoms with Gasteiger partial charge in [0.1, 0.15) is 6.04 Å². The molecule has 3 atom stereocenters. The third-order valence-electron chi connectivity index (χ3n) is 6.70. The first-order valence-electron chi connectivity index (χ1n) is 13.9. The van der Waals surface area contributed by atoms with E-state index in [1.165, 1.54) is 72.0 Å². The number of ether oxygens (including phenoxy) is 2. The van der Waals surface area contributed by atoms with Gasteiger partial charge in [-0.1, -0.05) is 97.8 Å². The lowest BCUT2D eigenvalue weighted by atomic mass is 9.99. The van der Waals surface area contributed by atoms with Crippen molar-refractivity contribution >= 4 is 29.6 Å². The van der Waals surface area contributed by atoms with Crippen LogP contribution in [0.2, 0.25) is 0 Å². The van der Waals surface area contributed by atoms with Crippen LogP contribution in [0.5, 0.6) is 0 Å². The number of hydrogen-bond donors (Lipinski definition) is 1. The van der Waals surface area contributed by atoms with Crippen LogP contribution in [0.3, 0.4) is 0 Å². The fraction of sp³-hybridized carbons (Fsp3) is 0.893. The highest BCUT2D eigenvalue weighted by Gasteiger charge is 2.26. The highest BCUT2D eigenvalue weighted by Crippen LogP contribution is 2.25. The van der Waals surface area contributed by atoms with Crippen molar-refractivity contribution in [2.75, 3.05) is 20.0 Å². The second-order valence-electron chi connectivity index (χ2n) is 9.68. The molecule has 0 spiro atoms. The summed E-state index contributed by atoms with van der Waals surface area (Å²) in [6.45, 7) is 6.21. The van der Waals surface area contributed by atoms with E-state index in [4.69, 9.17) is 4.74 Å². The molecule has 35 heavy (non-hydrogen) atoms. The molecule has 0 aliphatic carbocycles. The van der Waals surface area contributed by atoms with Gasteiger partial charge in [0.15, 0.2) is 0 Å². The lowest BCUT2D eigenvalue weighted by molar-refractivity contribution is -0.146. The van der Waals surface area contributed by atoms with E-state index in [0.29, 0.717) is 17.4 Å². The van der Waals surface area contributed by atoms with Gasteiger partial charge >= 0.3 is 11.9 Å². The van der Waals surface area contributed by atoms with Gasteiger partial charge in [0.05, 0.1) is 20.0 Å². The van der Waals surface area contributed by atoms with E-state index >= 15 is 0 Å². The molecule has 7 heteroatoms. The van der Waals surface area contributed by atoms with Crippen LogP contribution >= 0.6 is 11.8 Å². The highest BCUT2D eigenvalue weighted by atomic mass is 32.2. The number of esters is 2. The van der Waals surface area contributed by atoms with E-state index in [1.54, 1.807) is 11.8 Å². The third-order valence-corrected chi connectivity index (χ3v) is 8.07. The summed E-state index contributed by atoms with van der Waals surface area (Å²) in [4.78, 5) is 35.9. The molecule has 0 saturated carbocycles. The maximum Gasteiger partial charge on any atom is 0.328 e. The Labute approximate surface area is 219 Å². The van der Waals surface area contributed by atoms with Crippen LogP contribution in [0.25, 0.3) is 0 Å². The maximum atomic E-state index is 12.6. The number of amides is 1. The van der Waals surface area contributed by atoms with Crippen LogP contribution in [0.15, 0.2) is 0 Å². The number of carbonyl (C=O) groups excluding carboxylic acids is 3. The average Bonchev–Trinajstić information content (AvgIpc) is 2.87. The van der Waals surface area contributed by atoms with Gasteiger partial charge in [-0.15, -0.1) is 11.8 Å². The summed E-state index contributed by atoms with van der Waals surface area (Å²) in [5.74, 6) is -0.136. The van der Waals surface area contributed by atoms with Gasteiger partial charge in [0.25, 0.3) is 0 Å². The van der Waals surface area contributed by atoms with Gasteiger partial charge in [-0.05, 0) is 25.2 Å². The Kier molecular flexibility index (Phi) is 22.4. The Bertz CT molecular complexity index is 557. The summed E-state index contributed by atoms with van der Waals surface area (Å²) >= 11 is 1.74. The minimum atomic E-state index is -0.575. The van der Waals surface area contributed by atoms with Crippen LogP contribution in [0.4, 0.5) is 0 Å². The second-order valence-corrected chi connectivity index (χ2v) is 11.0. The molecule has 0 bridgehead atoms. The molecular formula is C28H53NO5S. The number of hydrogen-bond acceptors (Lipinski definition) is 6. The molecular weight excluding hydrogens is 462 g/mol. The van der Waals surface area contributed by atoms with E-state index in [1.807, 2.05) is 13.8 Å². The summed E-state index contributed by atoms with van der Waals surface area (Å²) in [7, 11) is 2.81. The predicted molar refractivity (Wildman–Crippen MR) is 147 cm³/mol. The van der Waals surface area contributed by atoms with E-state index in [2.05, 4.69) is 17.0 Å². The third kappa shape index (κ3) is 18.7. The molecule has 0 heterocycles. The molecule has 0 rings (SSSR count). The molecule has 1 N–H and O–H groups in total. The average molecular weight is 516 g/mol. The first-order valence-corrected chi connectivity index (χ1v) is 15.0. The molecule has 1 unspecified atom stereocenters. The molecule has 0 radical (unpaired) electrons. The van der Waals surface area contributed by atoms with Crippen LogP contribution in [-0.2, 0) is 23.9 Å². The molecule has 0 aromatic carbocycles. The van der Waals surface area contributed by atoms with Crippen molar-refractivity contribution in [1.29, 1.82) is 0 Å². The van der Waals surface area contributed by atoms with E-state index in [0.717, 1.165) is 38.5 Å². The fourth-order valence-corrected chi connectivity index (χ4v) is 5.26. The van der Waals surface area contributed by atoms with Gasteiger partial charge in [0.2, 0.25) is 5.91 Å². The number of thioether (sulfide) groups is 1. The minimum Gasteiger partial charge on any atom is -0.469 e. The van der Waals surface area contributed by atoms with Crippen molar-refractivity contribution in [3.8, 4) is 0 Å². The quantitative estimate of drug-likeness (QED) is 0.119. The van der Waals surface area contributed by atoms with Crippen molar-refractivity contribution in [3.63, 3.8) is 0 Å². The zero-order chi connectivity index (χ0) is 26.3. The van der Waals surface area contributed by atoms with Crippen molar-refractivity contribution < 1.29 is 23.9 Å². The lowest BCUT2D eigenvalue weighted by Gasteiger charge is -2.22. The summed E-state index contributed by atoms with van der Waals surface area (Å²) in [5, 5.41) is 3.38. The molecule has 0 aromatic rings. The summed E-state index contributed by atoms with van der Waals surface area (Å²) in [6.07, 6.45) is 17.9. The Balaban J connectivity index is 4.45. The van der Waals surface area contributed by atoms with Crippen LogP contribution in [-0.4, -0.2) is 49.1 Å². The van der Waals surface area contributed by atoms with Gasteiger partial charge in [-0.3, -0.25) is 9.59 Å². The van der Waals surface area contributed by atoms with Gasteiger partial charge in [-0.25, -0.2) is 4.79 Å². The number of methoxy groups -OCH3 is 2. The number of nitrogens with one attached hydrogen (secondary N) is 1. The zero-order valence-electron chi connectivity index (χ0n) is 23.2. The van der Waals surface area contributed by atoms with Gasteiger partial charge in [0, 0.05) is 11.7 Å². The molecule has 206 valence electrons. The van der Waals surface area contributed by atoms with E-state index in [9.17, 15) is 14.4 Å². The predicted octanol–water partition coefficient (Wildman–Crippen LogP) is 6.84. The Morgan fingerprint density at radius 3 is 1.83 bits per heavy atom. The molecule has 0 aliphatic rings. The van der Waals surface area contributed by atoms with Crippen LogP contribution in [0, 0.1) is 5.92 Å². The topological polar surface area (TPSA) is 81.7 Å². The first-order chi connectivity index (χ1) is 16.9. The summed E-state index contributed by atoms with van der Waals surface area (Å²) in [5.41, 5.74) is 0. The minimum absolute atomic E-state index is 0.0444. The standard InChI is InChI=1S/C28H53NO5S/c1-6-8-9-10-13-16-19-24(20-17-14-11-12-15-18-21-26(31)33-4)35-22-25(30)29-27(23(3)7-2)28(32)34-5/h23-24,27H,6-22H2,1-5H3,(H,29,30)/t23-,24?,27-/m0/s1. The number of rotatable bonds is 23. The second kappa shape index (κ2) is 23.2. The number of unbranched alkanes of at least 4 members (excludes halogenated alkanes) is 10. The van der Waals surface area contributed by atoms with Gasteiger partial charge in [-0.2, -0.15) is 0 Å². The lowest BCUT2D eigenvalue weighted by Crippen LogP contribution is -2.46. The zero-order valence-corrected chi connectivity index (χ0v) is 24.0. The van der Waals surface area contributed by atoms with Crippen molar-refractivity contribution in [1.82, 2.24) is 5.32 Å². The molecule has 0 aliphatic heterocycles. The summed E-state index contributed by atoms with van der Waals surface area (Å²) < 4.78 is 9.57. The Morgan fingerprint density at radius 2 is 1.31 bits per heavy atom. The Morgan fingerprint density at radius 1 is 0.771 bits per heavy atom. The highest BCUT2D eigenvalue weighted by molar-refractivity contribution is 8.00. The van der Waals surface area contributed by atoms with Crippen LogP contribution < -0.4 is 5.32 Å². The monoisotopic (exact) mass is 515 g/mol. The molecule has 1 amide bonds. The molecule has 0 aromatic heterocycles. The molecule has 0 saturated heterocycles. The molecule has 0 fully saturated rings. The SMILES string of the molecule is CCCCCCCCC(CCCCCCCCC(=O)OC)SCC(=O)N[C@H](C(=O)OC)[C@@H](C)CC. The van der Waals surface area contributed by atoms with E-state index < -0.39 is 6.04 Å².